The van der Waals surface area contributed by atoms with Crippen molar-refractivity contribution in [2.45, 2.75) is 29.7 Å². The topological polar surface area (TPSA) is 70.2 Å². The lowest BCUT2D eigenvalue weighted by Gasteiger charge is -2.31. The fourth-order valence-corrected chi connectivity index (χ4v) is 3.75. The molecule has 1 aliphatic heterocycles. The first-order valence-corrected chi connectivity index (χ1v) is 9.90. The zero-order valence-corrected chi connectivity index (χ0v) is 15.8. The molecule has 0 radical (unpaired) electrons. The van der Waals surface area contributed by atoms with E-state index in [0.29, 0.717) is 12.6 Å². The van der Waals surface area contributed by atoms with Crippen molar-refractivity contribution in [1.82, 2.24) is 20.2 Å². The van der Waals surface area contributed by atoms with Crippen LogP contribution in [0.5, 0.6) is 0 Å². The Morgan fingerprint density at radius 2 is 2.00 bits per heavy atom. The van der Waals surface area contributed by atoms with Gasteiger partial charge in [0.1, 0.15) is 10.8 Å². The first kappa shape index (κ1) is 18.7. The summed E-state index contributed by atoms with van der Waals surface area (Å²) in [5, 5.41) is 7.10. The summed E-state index contributed by atoms with van der Waals surface area (Å²) in [5.41, 5.74) is 1.28. The molecule has 2 aromatic rings. The van der Waals surface area contributed by atoms with Gasteiger partial charge in [-0.1, -0.05) is 30.3 Å². The minimum Gasteiger partial charge on any atom is -0.366 e. The summed E-state index contributed by atoms with van der Waals surface area (Å²) >= 11 is 1.69. The lowest BCUT2D eigenvalue weighted by atomic mass is 10.1. The Morgan fingerprint density at radius 3 is 2.73 bits per heavy atom. The van der Waals surface area contributed by atoms with Gasteiger partial charge >= 0.3 is 0 Å². The van der Waals surface area contributed by atoms with E-state index in [1.165, 1.54) is 5.56 Å². The Kier molecular flexibility index (Phi) is 6.85. The highest BCUT2D eigenvalue weighted by molar-refractivity contribution is 7.98. The van der Waals surface area contributed by atoms with Gasteiger partial charge in [-0.15, -0.1) is 11.8 Å². The summed E-state index contributed by atoms with van der Waals surface area (Å²) in [6, 6.07) is 10.7. The van der Waals surface area contributed by atoms with Crippen LogP contribution in [0.3, 0.4) is 0 Å². The molecule has 1 saturated heterocycles. The van der Waals surface area contributed by atoms with Gasteiger partial charge < -0.3 is 10.6 Å². The van der Waals surface area contributed by atoms with Crippen LogP contribution in [0.4, 0.5) is 5.82 Å². The maximum Gasteiger partial charge on any atom is 0.233 e. The second kappa shape index (κ2) is 9.54. The van der Waals surface area contributed by atoms with Gasteiger partial charge in [0, 0.05) is 31.9 Å². The summed E-state index contributed by atoms with van der Waals surface area (Å²) in [5.74, 6) is 1.79. The molecule has 2 heterocycles. The standard InChI is InChI=1S/C19H25N5OS/c1-20-18(25)13-24-9-7-16(8-10-24)22-17-11-21-12-19(23-17)26-14-15-5-3-2-4-6-15/h2-6,11-12,16H,7-10,13-14H2,1H3,(H,20,25)(H,22,23). The van der Waals surface area contributed by atoms with E-state index in [9.17, 15) is 4.79 Å². The lowest BCUT2D eigenvalue weighted by Crippen LogP contribution is -2.43. The fourth-order valence-electron chi connectivity index (χ4n) is 2.95. The number of thioether (sulfide) groups is 1. The highest BCUT2D eigenvalue weighted by Crippen LogP contribution is 2.22. The number of piperidine rings is 1. The molecule has 0 spiro atoms. The molecule has 0 aliphatic carbocycles. The number of carbonyl (C=O) groups is 1. The molecule has 1 aromatic carbocycles. The van der Waals surface area contributed by atoms with E-state index in [1.54, 1.807) is 25.0 Å². The number of hydrogen-bond acceptors (Lipinski definition) is 6. The molecule has 1 fully saturated rings. The van der Waals surface area contributed by atoms with Crippen LogP contribution >= 0.6 is 11.8 Å². The highest BCUT2D eigenvalue weighted by atomic mass is 32.2. The molecule has 0 saturated carbocycles. The van der Waals surface area contributed by atoms with Crippen molar-refractivity contribution in [3.05, 3.63) is 48.3 Å². The Morgan fingerprint density at radius 1 is 1.23 bits per heavy atom. The van der Waals surface area contributed by atoms with Crippen LogP contribution in [0.1, 0.15) is 18.4 Å². The van der Waals surface area contributed by atoms with E-state index in [0.717, 1.165) is 42.5 Å². The highest BCUT2D eigenvalue weighted by Gasteiger charge is 2.20. The van der Waals surface area contributed by atoms with Crippen molar-refractivity contribution >= 4 is 23.5 Å². The molecular formula is C19H25N5OS. The van der Waals surface area contributed by atoms with E-state index in [2.05, 4.69) is 49.8 Å². The van der Waals surface area contributed by atoms with Gasteiger partial charge in [0.15, 0.2) is 0 Å². The Bertz CT molecular complexity index is 704. The Hall–Kier alpha value is -2.12. The number of nitrogens with one attached hydrogen (secondary N) is 2. The van der Waals surface area contributed by atoms with Crippen LogP contribution in [0.2, 0.25) is 0 Å². The normalized spacial score (nSPS) is 15.6. The molecule has 3 rings (SSSR count). The van der Waals surface area contributed by atoms with Crippen molar-refractivity contribution in [2.24, 2.45) is 0 Å². The van der Waals surface area contributed by atoms with Gasteiger partial charge in [0.25, 0.3) is 0 Å². The molecular weight excluding hydrogens is 346 g/mol. The van der Waals surface area contributed by atoms with E-state index in [-0.39, 0.29) is 5.91 Å². The first-order valence-electron chi connectivity index (χ1n) is 8.91. The molecule has 0 bridgehead atoms. The summed E-state index contributed by atoms with van der Waals surface area (Å²) < 4.78 is 0. The average Bonchev–Trinajstić information content (AvgIpc) is 2.69. The minimum absolute atomic E-state index is 0.0745. The minimum atomic E-state index is 0.0745. The van der Waals surface area contributed by atoms with Gasteiger partial charge in [0.2, 0.25) is 5.91 Å². The lowest BCUT2D eigenvalue weighted by molar-refractivity contribution is -0.122. The number of rotatable bonds is 7. The molecule has 26 heavy (non-hydrogen) atoms. The van der Waals surface area contributed by atoms with Crippen LogP contribution in [-0.2, 0) is 10.5 Å². The molecule has 1 aromatic heterocycles. The predicted octanol–water partition coefficient (Wildman–Crippen LogP) is 2.39. The maximum atomic E-state index is 11.5. The molecule has 1 amide bonds. The van der Waals surface area contributed by atoms with Gasteiger partial charge in [-0.2, -0.15) is 0 Å². The van der Waals surface area contributed by atoms with Crippen LogP contribution in [0.15, 0.2) is 47.8 Å². The number of aromatic nitrogens is 2. The van der Waals surface area contributed by atoms with Gasteiger partial charge in [-0.05, 0) is 18.4 Å². The number of likely N-dealkylation sites (tertiary alicyclic amines) is 1. The summed E-state index contributed by atoms with van der Waals surface area (Å²) in [7, 11) is 1.68. The summed E-state index contributed by atoms with van der Waals surface area (Å²) in [4.78, 5) is 22.6. The van der Waals surface area contributed by atoms with Crippen molar-refractivity contribution in [3.63, 3.8) is 0 Å². The third-order valence-electron chi connectivity index (χ3n) is 4.43. The SMILES string of the molecule is CNC(=O)CN1CCC(Nc2cncc(SCc3ccccc3)n2)CC1. The molecule has 138 valence electrons. The zero-order valence-electron chi connectivity index (χ0n) is 15.0. The molecule has 0 atom stereocenters. The second-order valence-electron chi connectivity index (χ2n) is 6.38. The Balaban J connectivity index is 1.47. The van der Waals surface area contributed by atoms with E-state index in [4.69, 9.17) is 0 Å². The second-order valence-corrected chi connectivity index (χ2v) is 7.38. The molecule has 1 aliphatic rings. The van der Waals surface area contributed by atoms with Crippen molar-refractivity contribution in [3.8, 4) is 0 Å². The van der Waals surface area contributed by atoms with Gasteiger partial charge in [-0.25, -0.2) is 4.98 Å². The maximum absolute atomic E-state index is 11.5. The van der Waals surface area contributed by atoms with E-state index >= 15 is 0 Å². The Labute approximate surface area is 158 Å². The number of benzene rings is 1. The number of carbonyl (C=O) groups excluding carboxylic acids is 1. The van der Waals surface area contributed by atoms with Crippen LogP contribution < -0.4 is 10.6 Å². The molecule has 2 N–H and O–H groups in total. The van der Waals surface area contributed by atoms with Gasteiger partial charge in [-0.3, -0.25) is 14.7 Å². The molecule has 7 heteroatoms. The van der Waals surface area contributed by atoms with E-state index in [1.807, 2.05) is 12.3 Å². The average molecular weight is 372 g/mol. The van der Waals surface area contributed by atoms with Crippen LogP contribution in [0, 0.1) is 0 Å². The zero-order chi connectivity index (χ0) is 18.2. The summed E-state index contributed by atoms with van der Waals surface area (Å²) in [6.07, 6.45) is 5.59. The molecule has 0 unspecified atom stereocenters. The predicted molar refractivity (Wildman–Crippen MR) is 105 cm³/mol. The van der Waals surface area contributed by atoms with E-state index < -0.39 is 0 Å². The summed E-state index contributed by atoms with van der Waals surface area (Å²) in [6.45, 7) is 2.32. The number of amides is 1. The smallest absolute Gasteiger partial charge is 0.233 e. The molecule has 6 nitrogen and oxygen atoms in total. The largest absolute Gasteiger partial charge is 0.366 e. The van der Waals surface area contributed by atoms with Gasteiger partial charge in [0.05, 0.1) is 18.9 Å². The first-order chi connectivity index (χ1) is 12.7. The number of anilines is 1. The van der Waals surface area contributed by atoms with Crippen molar-refractivity contribution in [1.29, 1.82) is 0 Å². The number of likely N-dealkylation sites (N-methyl/N-ethyl adjacent to an activating group) is 1. The van der Waals surface area contributed by atoms with Crippen LogP contribution in [-0.4, -0.2) is 53.5 Å². The monoisotopic (exact) mass is 371 g/mol. The third-order valence-corrected chi connectivity index (χ3v) is 5.40. The fraction of sp³-hybridized carbons (Fsp3) is 0.421. The number of nitrogens with zero attached hydrogens (tertiary/aromatic N) is 3. The third kappa shape index (κ3) is 5.71. The quantitative estimate of drug-likeness (QED) is 0.729. The number of hydrogen-bond donors (Lipinski definition) is 2. The van der Waals surface area contributed by atoms with Crippen molar-refractivity contribution < 1.29 is 4.79 Å². The van der Waals surface area contributed by atoms with Crippen molar-refractivity contribution in [2.75, 3.05) is 32.0 Å². The van der Waals surface area contributed by atoms with Crippen LogP contribution in [0.25, 0.3) is 0 Å².